The van der Waals surface area contributed by atoms with Crippen LogP contribution in [-0.4, -0.2) is 45.5 Å². The molecule has 0 atom stereocenters. The number of rotatable bonds is 5. The van der Waals surface area contributed by atoms with Crippen LogP contribution in [0.25, 0.3) is 22.3 Å². The highest BCUT2D eigenvalue weighted by molar-refractivity contribution is 6.30. The Bertz CT molecular complexity index is 1280. The molecule has 3 aromatic carbocycles. The van der Waals surface area contributed by atoms with Crippen LogP contribution in [0, 0.1) is 0 Å². The Balaban J connectivity index is 1.39. The van der Waals surface area contributed by atoms with Gasteiger partial charge in [0.25, 0.3) is 5.56 Å². The highest BCUT2D eigenvalue weighted by atomic mass is 35.5. The van der Waals surface area contributed by atoms with Gasteiger partial charge in [-0.25, -0.2) is 4.98 Å². The van der Waals surface area contributed by atoms with E-state index in [1.165, 1.54) is 5.56 Å². The van der Waals surface area contributed by atoms with E-state index in [-0.39, 0.29) is 5.56 Å². The molecule has 4 aromatic rings. The molecule has 6 heteroatoms. The van der Waals surface area contributed by atoms with Crippen LogP contribution in [0.4, 0.5) is 0 Å². The smallest absolute Gasteiger partial charge is 0.278 e. The summed E-state index contributed by atoms with van der Waals surface area (Å²) in [6, 6.07) is 25.7. The highest BCUT2D eigenvalue weighted by Crippen LogP contribution is 2.21. The van der Waals surface area contributed by atoms with Crippen LogP contribution < -0.4 is 5.56 Å². The van der Waals surface area contributed by atoms with Gasteiger partial charge in [0.1, 0.15) is 5.69 Å². The molecule has 0 radical (unpaired) electrons. The van der Waals surface area contributed by atoms with Gasteiger partial charge in [0.05, 0.1) is 17.7 Å². The van der Waals surface area contributed by atoms with Crippen LogP contribution in [0.2, 0.25) is 5.02 Å². The summed E-state index contributed by atoms with van der Waals surface area (Å²) in [6.07, 6.45) is 0. The van der Waals surface area contributed by atoms with Crippen LogP contribution in [0.1, 0.15) is 5.56 Å². The molecule has 5 rings (SSSR count). The number of fused-ring (bicyclic) bond motifs is 1. The van der Waals surface area contributed by atoms with Crippen molar-refractivity contribution in [2.24, 2.45) is 0 Å². The Morgan fingerprint density at radius 1 is 0.812 bits per heavy atom. The van der Waals surface area contributed by atoms with Crippen molar-refractivity contribution in [1.82, 2.24) is 19.4 Å². The molecule has 1 aliphatic rings. The van der Waals surface area contributed by atoms with Gasteiger partial charge in [-0.1, -0.05) is 66.2 Å². The Morgan fingerprint density at radius 2 is 1.53 bits per heavy atom. The number of benzene rings is 3. The fourth-order valence-electron chi connectivity index (χ4n) is 4.29. The molecule has 32 heavy (non-hydrogen) atoms. The molecule has 1 fully saturated rings. The molecule has 0 aliphatic carbocycles. The van der Waals surface area contributed by atoms with Gasteiger partial charge >= 0.3 is 0 Å². The second kappa shape index (κ2) is 9.25. The number of hydrogen-bond acceptors (Lipinski definition) is 4. The van der Waals surface area contributed by atoms with Gasteiger partial charge in [-0.2, -0.15) is 0 Å². The van der Waals surface area contributed by atoms with Gasteiger partial charge in [-0.15, -0.1) is 0 Å². The van der Waals surface area contributed by atoms with Crippen LogP contribution in [0.3, 0.4) is 0 Å². The first kappa shape index (κ1) is 20.9. The predicted molar refractivity (Wildman–Crippen MR) is 130 cm³/mol. The largest absolute Gasteiger partial charge is 0.297 e. The quantitative estimate of drug-likeness (QED) is 0.454. The first-order valence-electron chi connectivity index (χ1n) is 10.9. The SMILES string of the molecule is O=c1c(-c2cccc(Cl)c2)nc2ccccc2n1CN1CCN(Cc2ccccc2)CC1. The van der Waals surface area contributed by atoms with Crippen molar-refractivity contribution in [3.05, 3.63) is 99.8 Å². The third-order valence-electron chi connectivity index (χ3n) is 6.01. The van der Waals surface area contributed by atoms with Crippen molar-refractivity contribution >= 4 is 22.6 Å². The normalized spacial score (nSPS) is 15.3. The summed E-state index contributed by atoms with van der Waals surface area (Å²) >= 11 is 6.18. The van der Waals surface area contributed by atoms with E-state index in [1.54, 1.807) is 12.1 Å². The maximum Gasteiger partial charge on any atom is 0.278 e. The average molecular weight is 445 g/mol. The molecule has 0 spiro atoms. The topological polar surface area (TPSA) is 41.4 Å². The number of para-hydroxylation sites is 2. The molecular weight excluding hydrogens is 420 g/mol. The van der Waals surface area contributed by atoms with E-state index in [2.05, 4.69) is 45.1 Å². The van der Waals surface area contributed by atoms with Crippen LogP contribution in [0.15, 0.2) is 83.7 Å². The van der Waals surface area contributed by atoms with E-state index in [0.717, 1.165) is 49.3 Å². The minimum Gasteiger partial charge on any atom is -0.297 e. The monoisotopic (exact) mass is 444 g/mol. The van der Waals surface area contributed by atoms with E-state index in [4.69, 9.17) is 11.6 Å². The minimum atomic E-state index is -0.0855. The highest BCUT2D eigenvalue weighted by Gasteiger charge is 2.20. The lowest BCUT2D eigenvalue weighted by Crippen LogP contribution is -2.47. The summed E-state index contributed by atoms with van der Waals surface area (Å²) in [6.45, 7) is 5.31. The molecule has 1 saturated heterocycles. The van der Waals surface area contributed by atoms with Crippen LogP contribution in [-0.2, 0) is 13.2 Å². The summed E-state index contributed by atoms with van der Waals surface area (Å²) < 4.78 is 1.85. The van der Waals surface area contributed by atoms with Crippen molar-refractivity contribution in [3.8, 4) is 11.3 Å². The predicted octanol–water partition coefficient (Wildman–Crippen LogP) is 4.49. The molecule has 1 aromatic heterocycles. The standard InChI is InChI=1S/C26H25ClN4O/c27-22-10-6-9-21(17-22)25-26(32)31(24-12-5-4-11-23(24)28-25)19-30-15-13-29(14-16-30)18-20-7-2-1-3-8-20/h1-12,17H,13-16,18-19H2. The number of nitrogens with zero attached hydrogens (tertiary/aromatic N) is 4. The van der Waals surface area contributed by atoms with E-state index >= 15 is 0 Å². The summed E-state index contributed by atoms with van der Waals surface area (Å²) in [5.41, 5.74) is 4.10. The first-order chi connectivity index (χ1) is 15.7. The van der Waals surface area contributed by atoms with Gasteiger partial charge in [0, 0.05) is 43.3 Å². The summed E-state index contributed by atoms with van der Waals surface area (Å²) in [4.78, 5) is 23.0. The van der Waals surface area contributed by atoms with Gasteiger partial charge in [0.15, 0.2) is 0 Å². The van der Waals surface area contributed by atoms with Crippen molar-refractivity contribution < 1.29 is 0 Å². The molecule has 162 valence electrons. The molecule has 0 N–H and O–H groups in total. The summed E-state index contributed by atoms with van der Waals surface area (Å²) in [5, 5.41) is 0.595. The van der Waals surface area contributed by atoms with E-state index in [0.29, 0.717) is 17.4 Å². The maximum atomic E-state index is 13.5. The molecule has 0 bridgehead atoms. The maximum absolute atomic E-state index is 13.5. The Morgan fingerprint density at radius 3 is 2.31 bits per heavy atom. The van der Waals surface area contributed by atoms with Crippen molar-refractivity contribution in [2.45, 2.75) is 13.2 Å². The molecule has 0 saturated carbocycles. The lowest BCUT2D eigenvalue weighted by atomic mass is 10.1. The Labute approximate surface area is 192 Å². The van der Waals surface area contributed by atoms with E-state index < -0.39 is 0 Å². The average Bonchev–Trinajstić information content (AvgIpc) is 2.82. The zero-order chi connectivity index (χ0) is 21.9. The van der Waals surface area contributed by atoms with Crippen molar-refractivity contribution in [3.63, 3.8) is 0 Å². The molecular formula is C26H25ClN4O. The second-order valence-electron chi connectivity index (χ2n) is 8.21. The van der Waals surface area contributed by atoms with Gasteiger partial charge in [-0.3, -0.25) is 19.2 Å². The fraction of sp³-hybridized carbons (Fsp3) is 0.231. The molecule has 5 nitrogen and oxygen atoms in total. The van der Waals surface area contributed by atoms with Gasteiger partial charge in [0.2, 0.25) is 0 Å². The second-order valence-corrected chi connectivity index (χ2v) is 8.65. The van der Waals surface area contributed by atoms with E-state index in [9.17, 15) is 4.79 Å². The van der Waals surface area contributed by atoms with Crippen LogP contribution in [0.5, 0.6) is 0 Å². The number of aromatic nitrogens is 2. The number of halogens is 1. The lowest BCUT2D eigenvalue weighted by Gasteiger charge is -2.35. The van der Waals surface area contributed by atoms with Crippen molar-refractivity contribution in [1.29, 1.82) is 0 Å². The van der Waals surface area contributed by atoms with Gasteiger partial charge in [-0.05, 0) is 29.8 Å². The summed E-state index contributed by atoms with van der Waals surface area (Å²) in [7, 11) is 0. The molecule has 2 heterocycles. The Hall–Kier alpha value is -2.99. The molecule has 0 amide bonds. The number of piperazine rings is 1. The lowest BCUT2D eigenvalue weighted by molar-refractivity contribution is 0.103. The minimum absolute atomic E-state index is 0.0855. The third kappa shape index (κ3) is 4.46. The van der Waals surface area contributed by atoms with E-state index in [1.807, 2.05) is 41.0 Å². The van der Waals surface area contributed by atoms with Gasteiger partial charge < -0.3 is 0 Å². The zero-order valence-corrected chi connectivity index (χ0v) is 18.6. The molecule has 1 aliphatic heterocycles. The summed E-state index contributed by atoms with van der Waals surface area (Å²) in [5.74, 6) is 0. The van der Waals surface area contributed by atoms with Crippen LogP contribution >= 0.6 is 11.6 Å². The third-order valence-corrected chi connectivity index (χ3v) is 6.24. The fourth-order valence-corrected chi connectivity index (χ4v) is 4.48. The zero-order valence-electron chi connectivity index (χ0n) is 17.8. The molecule has 0 unspecified atom stereocenters. The Kier molecular flexibility index (Phi) is 6.04. The number of hydrogen-bond donors (Lipinski definition) is 0. The first-order valence-corrected chi connectivity index (χ1v) is 11.3. The van der Waals surface area contributed by atoms with Crippen molar-refractivity contribution in [2.75, 3.05) is 26.2 Å².